The SMILES string of the molecule is O=C(Nc1ccnc(Cl)c1)C(=O)c1c(C(F)(F)F)n(Cc2ccc(Cl)cc2Cl)c2ccc(Cl)cc12. The van der Waals surface area contributed by atoms with Gasteiger partial charge in [-0.15, -0.1) is 0 Å². The van der Waals surface area contributed by atoms with Gasteiger partial charge in [0.15, 0.2) is 0 Å². The van der Waals surface area contributed by atoms with Crippen molar-refractivity contribution < 1.29 is 22.8 Å². The summed E-state index contributed by atoms with van der Waals surface area (Å²) in [6.45, 7) is -0.349. The number of nitrogens with one attached hydrogen (secondary N) is 1. The van der Waals surface area contributed by atoms with E-state index in [0.717, 1.165) is 4.57 Å². The van der Waals surface area contributed by atoms with E-state index >= 15 is 0 Å². The average Bonchev–Trinajstić information content (AvgIpc) is 3.08. The first-order valence-corrected chi connectivity index (χ1v) is 11.3. The highest BCUT2D eigenvalue weighted by atomic mass is 35.5. The topological polar surface area (TPSA) is 64.0 Å². The molecular formula is C23H12Cl4F3N3O2. The molecule has 0 spiro atoms. The molecule has 1 N–H and O–H groups in total. The Morgan fingerprint density at radius 2 is 1.63 bits per heavy atom. The number of hydrogen-bond acceptors (Lipinski definition) is 3. The highest BCUT2D eigenvalue weighted by Gasteiger charge is 2.42. The van der Waals surface area contributed by atoms with Gasteiger partial charge in [0.25, 0.3) is 11.7 Å². The number of benzene rings is 2. The minimum atomic E-state index is -5.00. The summed E-state index contributed by atoms with van der Waals surface area (Å²) in [7, 11) is 0. The van der Waals surface area contributed by atoms with Gasteiger partial charge in [-0.25, -0.2) is 4.98 Å². The molecule has 0 bridgehead atoms. The van der Waals surface area contributed by atoms with Gasteiger partial charge < -0.3 is 9.88 Å². The van der Waals surface area contributed by atoms with E-state index < -0.39 is 29.1 Å². The summed E-state index contributed by atoms with van der Waals surface area (Å²) in [4.78, 5) is 29.6. The van der Waals surface area contributed by atoms with Crippen LogP contribution >= 0.6 is 46.4 Å². The second kappa shape index (κ2) is 9.70. The number of pyridine rings is 1. The van der Waals surface area contributed by atoms with Crippen molar-refractivity contribution in [3.63, 3.8) is 0 Å². The smallest absolute Gasteiger partial charge is 0.332 e. The number of amides is 1. The van der Waals surface area contributed by atoms with Crippen molar-refractivity contribution in [1.82, 2.24) is 9.55 Å². The van der Waals surface area contributed by atoms with Crippen LogP contribution in [0.1, 0.15) is 21.6 Å². The predicted octanol–water partition coefficient (Wildman–Crippen LogP) is 7.54. The zero-order valence-electron chi connectivity index (χ0n) is 17.3. The van der Waals surface area contributed by atoms with Crippen LogP contribution in [-0.2, 0) is 17.5 Å². The maximum atomic E-state index is 14.4. The van der Waals surface area contributed by atoms with E-state index in [-0.39, 0.29) is 38.3 Å². The Balaban J connectivity index is 1.90. The maximum Gasteiger partial charge on any atom is 0.432 e. The molecule has 0 atom stereocenters. The number of alkyl halides is 3. The van der Waals surface area contributed by atoms with Crippen molar-refractivity contribution in [3.8, 4) is 0 Å². The Kier molecular flexibility index (Phi) is 7.02. The lowest BCUT2D eigenvalue weighted by molar-refractivity contribution is -0.143. The van der Waals surface area contributed by atoms with E-state index in [1.165, 1.54) is 54.7 Å². The van der Waals surface area contributed by atoms with Gasteiger partial charge in [0, 0.05) is 44.4 Å². The first-order valence-electron chi connectivity index (χ1n) is 9.76. The molecule has 0 saturated heterocycles. The summed E-state index contributed by atoms with van der Waals surface area (Å²) in [6.07, 6.45) is -3.74. The second-order valence-electron chi connectivity index (χ2n) is 7.36. The molecule has 0 radical (unpaired) electrons. The molecule has 4 rings (SSSR count). The Bertz CT molecular complexity index is 1490. The molecule has 0 fully saturated rings. The number of Topliss-reactive ketones (excluding diaryl/α,β-unsaturated/α-hetero) is 1. The number of anilines is 1. The van der Waals surface area contributed by atoms with Crippen molar-refractivity contribution >= 4 is 74.7 Å². The maximum absolute atomic E-state index is 14.4. The van der Waals surface area contributed by atoms with E-state index in [9.17, 15) is 22.8 Å². The number of hydrogen-bond donors (Lipinski definition) is 1. The predicted molar refractivity (Wildman–Crippen MR) is 130 cm³/mol. The zero-order chi connectivity index (χ0) is 25.5. The van der Waals surface area contributed by atoms with Crippen LogP contribution in [0.15, 0.2) is 54.7 Å². The highest BCUT2D eigenvalue weighted by Crippen LogP contribution is 2.40. The molecule has 4 aromatic rings. The fourth-order valence-electron chi connectivity index (χ4n) is 3.62. The van der Waals surface area contributed by atoms with E-state index in [1.807, 2.05) is 0 Å². The van der Waals surface area contributed by atoms with E-state index in [0.29, 0.717) is 10.6 Å². The number of aromatic nitrogens is 2. The average molecular weight is 561 g/mol. The number of carbonyl (C=O) groups is 2. The lowest BCUT2D eigenvalue weighted by Crippen LogP contribution is -2.26. The van der Waals surface area contributed by atoms with Crippen LogP contribution in [0.25, 0.3) is 10.9 Å². The van der Waals surface area contributed by atoms with Crippen molar-refractivity contribution in [1.29, 1.82) is 0 Å². The van der Waals surface area contributed by atoms with Gasteiger partial charge in [-0.05, 0) is 48.0 Å². The quantitative estimate of drug-likeness (QED) is 0.156. The summed E-state index contributed by atoms with van der Waals surface area (Å²) in [5.41, 5.74) is -1.70. The van der Waals surface area contributed by atoms with Crippen molar-refractivity contribution in [2.24, 2.45) is 0 Å². The molecule has 35 heavy (non-hydrogen) atoms. The third-order valence-corrected chi connectivity index (χ3v) is 6.08. The number of rotatable bonds is 5. The second-order valence-corrected chi connectivity index (χ2v) is 9.02. The van der Waals surface area contributed by atoms with Gasteiger partial charge in [-0.2, -0.15) is 13.2 Å². The molecule has 2 heterocycles. The molecule has 5 nitrogen and oxygen atoms in total. The number of ketones is 1. The molecule has 0 aliphatic rings. The lowest BCUT2D eigenvalue weighted by Gasteiger charge is -2.15. The number of nitrogens with zero attached hydrogens (tertiary/aromatic N) is 2. The Morgan fingerprint density at radius 1 is 0.943 bits per heavy atom. The molecule has 12 heteroatoms. The fourth-order valence-corrected chi connectivity index (χ4v) is 4.43. The molecule has 0 saturated carbocycles. The highest BCUT2D eigenvalue weighted by molar-refractivity contribution is 6.49. The molecular weight excluding hydrogens is 549 g/mol. The first-order chi connectivity index (χ1) is 16.5. The number of carbonyl (C=O) groups excluding carboxylic acids is 2. The van der Waals surface area contributed by atoms with Crippen LogP contribution in [0.3, 0.4) is 0 Å². The lowest BCUT2D eigenvalue weighted by atomic mass is 10.1. The van der Waals surface area contributed by atoms with Crippen LogP contribution in [0, 0.1) is 0 Å². The standard InChI is InChI=1S/C23H12Cl4F3N3O2/c24-12-3-4-17-15(7-12)19(20(34)22(35)32-14-5-6-31-18(27)9-14)21(23(28,29)30)33(17)10-11-1-2-13(25)8-16(11)26/h1-9H,10H2,(H,31,32,35). The Morgan fingerprint density at radius 3 is 2.29 bits per heavy atom. The largest absolute Gasteiger partial charge is 0.432 e. The third-order valence-electron chi connectivity index (χ3n) is 5.06. The van der Waals surface area contributed by atoms with Crippen molar-refractivity contribution in [2.45, 2.75) is 12.7 Å². The van der Waals surface area contributed by atoms with Crippen LogP contribution in [0.4, 0.5) is 18.9 Å². The van der Waals surface area contributed by atoms with Gasteiger partial charge in [0.05, 0.1) is 5.56 Å². The third kappa shape index (κ3) is 5.26. The molecule has 0 unspecified atom stereocenters. The van der Waals surface area contributed by atoms with E-state index in [2.05, 4.69) is 10.3 Å². The number of halogens is 7. The summed E-state index contributed by atoms with van der Waals surface area (Å²) >= 11 is 23.9. The summed E-state index contributed by atoms with van der Waals surface area (Å²) in [6, 6.07) is 10.9. The monoisotopic (exact) mass is 559 g/mol. The van der Waals surface area contributed by atoms with Gasteiger partial charge in [0.1, 0.15) is 10.8 Å². The van der Waals surface area contributed by atoms with Crippen molar-refractivity contribution in [3.05, 3.63) is 91.8 Å². The van der Waals surface area contributed by atoms with Crippen LogP contribution < -0.4 is 5.32 Å². The molecule has 2 aromatic carbocycles. The Hall–Kier alpha value is -2.78. The molecule has 2 aromatic heterocycles. The minimum Gasteiger partial charge on any atom is -0.332 e. The van der Waals surface area contributed by atoms with Gasteiger partial charge in [-0.1, -0.05) is 52.5 Å². The molecule has 0 aliphatic heterocycles. The minimum absolute atomic E-state index is 0.0226. The molecule has 180 valence electrons. The molecule has 0 aliphatic carbocycles. The zero-order valence-corrected chi connectivity index (χ0v) is 20.3. The van der Waals surface area contributed by atoms with Gasteiger partial charge >= 0.3 is 6.18 Å². The molecule has 1 amide bonds. The summed E-state index contributed by atoms with van der Waals surface area (Å²) in [5.74, 6) is -2.69. The summed E-state index contributed by atoms with van der Waals surface area (Å²) in [5, 5.41) is 2.68. The number of fused-ring (bicyclic) bond motifs is 1. The summed E-state index contributed by atoms with van der Waals surface area (Å²) < 4.78 is 44.1. The van der Waals surface area contributed by atoms with Crippen LogP contribution in [-0.4, -0.2) is 21.2 Å². The normalized spacial score (nSPS) is 11.6. The van der Waals surface area contributed by atoms with Crippen LogP contribution in [0.5, 0.6) is 0 Å². The van der Waals surface area contributed by atoms with Crippen LogP contribution in [0.2, 0.25) is 20.2 Å². The van der Waals surface area contributed by atoms with Crippen molar-refractivity contribution in [2.75, 3.05) is 5.32 Å². The first kappa shape index (κ1) is 25.3. The van der Waals surface area contributed by atoms with Gasteiger partial charge in [-0.3, -0.25) is 9.59 Å². The Labute approximate surface area is 216 Å². The fraction of sp³-hybridized carbons (Fsp3) is 0.0870. The van der Waals surface area contributed by atoms with E-state index in [1.54, 1.807) is 0 Å². The van der Waals surface area contributed by atoms with E-state index in [4.69, 9.17) is 46.4 Å². The van der Waals surface area contributed by atoms with Gasteiger partial charge in [0.2, 0.25) is 0 Å².